The van der Waals surface area contributed by atoms with Crippen LogP contribution in [0.25, 0.3) is 0 Å². The minimum Gasteiger partial charge on any atom is -0.314 e. The molecule has 0 aliphatic carbocycles. The molecule has 2 rings (SSSR count). The fraction of sp³-hybridized carbons (Fsp3) is 0.467. The molecule has 1 heterocycles. The third kappa shape index (κ3) is 2.96. The van der Waals surface area contributed by atoms with E-state index in [1.165, 1.54) is 16.7 Å². The molecule has 0 unspecified atom stereocenters. The van der Waals surface area contributed by atoms with E-state index in [0.717, 1.165) is 26.2 Å². The monoisotopic (exact) mass is 230 g/mol. The summed E-state index contributed by atoms with van der Waals surface area (Å²) in [4.78, 5) is 2.50. The maximum atomic E-state index is 4.01. The van der Waals surface area contributed by atoms with Crippen LogP contribution >= 0.6 is 0 Å². The van der Waals surface area contributed by atoms with Crippen molar-refractivity contribution in [3.63, 3.8) is 0 Å². The van der Waals surface area contributed by atoms with Crippen molar-refractivity contribution in [1.82, 2.24) is 10.2 Å². The van der Waals surface area contributed by atoms with Gasteiger partial charge in [-0.1, -0.05) is 35.4 Å². The first-order chi connectivity index (χ1) is 8.20. The van der Waals surface area contributed by atoms with Gasteiger partial charge in [-0.25, -0.2) is 0 Å². The van der Waals surface area contributed by atoms with Gasteiger partial charge in [0.15, 0.2) is 0 Å². The van der Waals surface area contributed by atoms with Crippen molar-refractivity contribution in [2.75, 3.05) is 26.2 Å². The molecule has 0 radical (unpaired) electrons. The number of nitrogens with one attached hydrogen (secondary N) is 1. The van der Waals surface area contributed by atoms with Crippen molar-refractivity contribution in [2.45, 2.75) is 19.9 Å². The van der Waals surface area contributed by atoms with Gasteiger partial charge in [-0.05, 0) is 19.4 Å². The highest BCUT2D eigenvalue weighted by Crippen LogP contribution is 2.24. The quantitative estimate of drug-likeness (QED) is 0.802. The lowest BCUT2D eigenvalue weighted by atomic mass is 10.00. The molecule has 1 aliphatic heterocycles. The topological polar surface area (TPSA) is 15.3 Å². The van der Waals surface area contributed by atoms with E-state index in [9.17, 15) is 0 Å². The SMILES string of the molecule is C=C[C@H](c1cc(C)cc(C)c1)N1CCNCC1. The smallest absolute Gasteiger partial charge is 0.0530 e. The zero-order valence-corrected chi connectivity index (χ0v) is 10.9. The van der Waals surface area contributed by atoms with E-state index in [-0.39, 0.29) is 0 Å². The van der Waals surface area contributed by atoms with Crippen LogP contribution in [0.5, 0.6) is 0 Å². The minimum absolute atomic E-state index is 0.357. The van der Waals surface area contributed by atoms with E-state index in [4.69, 9.17) is 0 Å². The molecule has 1 atom stereocenters. The first kappa shape index (κ1) is 12.3. The summed E-state index contributed by atoms with van der Waals surface area (Å²) in [5.41, 5.74) is 4.04. The number of hydrogen-bond donors (Lipinski definition) is 1. The summed E-state index contributed by atoms with van der Waals surface area (Å²) in [6.07, 6.45) is 2.07. The van der Waals surface area contributed by atoms with Crippen LogP contribution in [0.1, 0.15) is 22.7 Å². The van der Waals surface area contributed by atoms with Gasteiger partial charge in [0.1, 0.15) is 0 Å². The lowest BCUT2D eigenvalue weighted by molar-refractivity contribution is 0.203. The Hall–Kier alpha value is -1.12. The molecule has 2 nitrogen and oxygen atoms in total. The van der Waals surface area contributed by atoms with Gasteiger partial charge in [-0.3, -0.25) is 4.90 Å². The van der Waals surface area contributed by atoms with Gasteiger partial charge in [0, 0.05) is 26.2 Å². The summed E-state index contributed by atoms with van der Waals surface area (Å²) < 4.78 is 0. The number of rotatable bonds is 3. The van der Waals surface area contributed by atoms with Crippen molar-refractivity contribution >= 4 is 0 Å². The number of benzene rings is 1. The molecule has 0 saturated carbocycles. The van der Waals surface area contributed by atoms with E-state index in [1.54, 1.807) is 0 Å². The molecule has 1 aromatic rings. The largest absolute Gasteiger partial charge is 0.314 e. The average Bonchev–Trinajstić information content (AvgIpc) is 2.30. The fourth-order valence-electron chi connectivity index (χ4n) is 2.64. The van der Waals surface area contributed by atoms with Gasteiger partial charge in [-0.15, -0.1) is 6.58 Å². The molecule has 1 aliphatic rings. The second kappa shape index (κ2) is 5.48. The van der Waals surface area contributed by atoms with Crippen LogP contribution in [-0.2, 0) is 0 Å². The molecular formula is C15H22N2. The van der Waals surface area contributed by atoms with E-state index >= 15 is 0 Å². The van der Waals surface area contributed by atoms with E-state index < -0.39 is 0 Å². The standard InChI is InChI=1S/C15H22N2/c1-4-15(17-7-5-16-6-8-17)14-10-12(2)9-13(3)11-14/h4,9-11,15-16H,1,5-8H2,2-3H3/t15-/m1/s1. The molecule has 1 N–H and O–H groups in total. The summed E-state index contributed by atoms with van der Waals surface area (Å²) in [6.45, 7) is 12.7. The molecule has 0 amide bonds. The van der Waals surface area contributed by atoms with Crippen molar-refractivity contribution in [3.05, 3.63) is 47.5 Å². The second-order valence-electron chi connectivity index (χ2n) is 4.89. The Bertz CT molecular complexity index is 372. The van der Waals surface area contributed by atoms with Crippen LogP contribution in [0.2, 0.25) is 0 Å². The Morgan fingerprint density at radius 2 is 1.76 bits per heavy atom. The number of hydrogen-bond acceptors (Lipinski definition) is 2. The highest BCUT2D eigenvalue weighted by Gasteiger charge is 2.19. The first-order valence-corrected chi connectivity index (χ1v) is 6.36. The van der Waals surface area contributed by atoms with Crippen LogP contribution in [0.4, 0.5) is 0 Å². The Morgan fingerprint density at radius 3 is 2.29 bits per heavy atom. The molecule has 0 bridgehead atoms. The zero-order valence-electron chi connectivity index (χ0n) is 10.9. The summed E-state index contributed by atoms with van der Waals surface area (Å²) in [6, 6.07) is 7.14. The van der Waals surface area contributed by atoms with E-state index in [2.05, 4.69) is 54.9 Å². The molecule has 1 aromatic carbocycles. The molecule has 2 heteroatoms. The summed E-state index contributed by atoms with van der Waals surface area (Å²) in [7, 11) is 0. The van der Waals surface area contributed by atoms with Gasteiger partial charge < -0.3 is 5.32 Å². The normalized spacial score (nSPS) is 18.9. The molecule has 92 valence electrons. The Labute approximate surface area is 104 Å². The van der Waals surface area contributed by atoms with Gasteiger partial charge in [0.05, 0.1) is 6.04 Å². The molecule has 1 saturated heterocycles. The predicted octanol–water partition coefficient (Wildman–Crippen LogP) is 2.44. The lowest BCUT2D eigenvalue weighted by Gasteiger charge is -2.33. The molecular weight excluding hydrogens is 208 g/mol. The molecule has 17 heavy (non-hydrogen) atoms. The third-order valence-electron chi connectivity index (χ3n) is 3.35. The predicted molar refractivity (Wildman–Crippen MR) is 73.3 cm³/mol. The Morgan fingerprint density at radius 1 is 1.18 bits per heavy atom. The van der Waals surface area contributed by atoms with Crippen molar-refractivity contribution in [3.8, 4) is 0 Å². The number of piperazine rings is 1. The highest BCUT2D eigenvalue weighted by atomic mass is 15.2. The average molecular weight is 230 g/mol. The second-order valence-corrected chi connectivity index (χ2v) is 4.89. The maximum absolute atomic E-state index is 4.01. The van der Waals surface area contributed by atoms with E-state index in [0.29, 0.717) is 6.04 Å². The van der Waals surface area contributed by atoms with Gasteiger partial charge >= 0.3 is 0 Å². The van der Waals surface area contributed by atoms with Gasteiger partial charge in [-0.2, -0.15) is 0 Å². The Balaban J connectivity index is 2.24. The molecule has 0 aromatic heterocycles. The van der Waals surface area contributed by atoms with Gasteiger partial charge in [0.2, 0.25) is 0 Å². The molecule has 0 spiro atoms. The van der Waals surface area contributed by atoms with Crippen LogP contribution in [0, 0.1) is 13.8 Å². The zero-order chi connectivity index (χ0) is 12.3. The molecule has 1 fully saturated rings. The fourth-order valence-corrected chi connectivity index (χ4v) is 2.64. The third-order valence-corrected chi connectivity index (χ3v) is 3.35. The first-order valence-electron chi connectivity index (χ1n) is 6.36. The minimum atomic E-state index is 0.357. The number of nitrogens with zero attached hydrogens (tertiary/aromatic N) is 1. The summed E-state index contributed by atoms with van der Waals surface area (Å²) in [5, 5.41) is 3.39. The Kier molecular flexibility index (Phi) is 3.97. The summed E-state index contributed by atoms with van der Waals surface area (Å²) >= 11 is 0. The maximum Gasteiger partial charge on any atom is 0.0530 e. The summed E-state index contributed by atoms with van der Waals surface area (Å²) in [5.74, 6) is 0. The van der Waals surface area contributed by atoms with Crippen LogP contribution in [0.3, 0.4) is 0 Å². The van der Waals surface area contributed by atoms with E-state index in [1.807, 2.05) is 0 Å². The van der Waals surface area contributed by atoms with Crippen molar-refractivity contribution in [1.29, 1.82) is 0 Å². The van der Waals surface area contributed by atoms with Gasteiger partial charge in [0.25, 0.3) is 0 Å². The van der Waals surface area contributed by atoms with Crippen LogP contribution < -0.4 is 5.32 Å². The van der Waals surface area contributed by atoms with Crippen LogP contribution in [-0.4, -0.2) is 31.1 Å². The highest BCUT2D eigenvalue weighted by molar-refractivity contribution is 5.32. The lowest BCUT2D eigenvalue weighted by Crippen LogP contribution is -2.44. The van der Waals surface area contributed by atoms with Crippen LogP contribution in [0.15, 0.2) is 30.9 Å². The van der Waals surface area contributed by atoms with Crippen molar-refractivity contribution < 1.29 is 0 Å². The number of aryl methyl sites for hydroxylation is 2. The van der Waals surface area contributed by atoms with Crippen molar-refractivity contribution in [2.24, 2.45) is 0 Å².